The second-order valence-corrected chi connectivity index (χ2v) is 6.05. The van der Waals surface area contributed by atoms with Crippen LogP contribution in [0.2, 0.25) is 10.0 Å². The highest BCUT2D eigenvalue weighted by atomic mass is 35.5. The van der Waals surface area contributed by atoms with E-state index in [1.807, 2.05) is 42.1 Å². The molecule has 0 amide bonds. The smallest absolute Gasteiger partial charge is 0.137 e. The minimum Gasteiger partial charge on any atom is -0.309 e. The summed E-state index contributed by atoms with van der Waals surface area (Å²) in [7, 11) is 0. The summed E-state index contributed by atoms with van der Waals surface area (Å²) in [5.41, 5.74) is 2.13. The Morgan fingerprint density at radius 3 is 2.61 bits per heavy atom. The molecule has 0 bridgehead atoms. The van der Waals surface area contributed by atoms with Gasteiger partial charge in [0.25, 0.3) is 0 Å². The van der Waals surface area contributed by atoms with Crippen molar-refractivity contribution in [1.82, 2.24) is 19.9 Å². The summed E-state index contributed by atoms with van der Waals surface area (Å²) in [5, 5.41) is 4.68. The zero-order valence-electron chi connectivity index (χ0n) is 12.6. The molecule has 0 atom stereocenters. The van der Waals surface area contributed by atoms with E-state index < -0.39 is 0 Å². The van der Waals surface area contributed by atoms with E-state index in [0.717, 1.165) is 29.3 Å². The number of nitrogens with one attached hydrogen (secondary N) is 1. The molecular weight excluding hydrogens is 331 g/mol. The molecule has 4 nitrogen and oxygen atoms in total. The van der Waals surface area contributed by atoms with E-state index in [2.05, 4.69) is 21.4 Å². The second-order valence-electron chi connectivity index (χ2n) is 5.21. The van der Waals surface area contributed by atoms with Gasteiger partial charge in [-0.2, -0.15) is 0 Å². The highest BCUT2D eigenvalue weighted by Crippen LogP contribution is 2.20. The van der Waals surface area contributed by atoms with Gasteiger partial charge in [-0.1, -0.05) is 35.3 Å². The SMILES string of the molecule is Cc1nccn1-c1ccc(CNCc2ccc(Cl)cc2Cl)cn1. The van der Waals surface area contributed by atoms with E-state index in [0.29, 0.717) is 16.6 Å². The maximum absolute atomic E-state index is 6.16. The average Bonchev–Trinajstić information content (AvgIpc) is 2.96. The lowest BCUT2D eigenvalue weighted by Crippen LogP contribution is -2.13. The molecule has 0 aliphatic heterocycles. The van der Waals surface area contributed by atoms with Crippen molar-refractivity contribution >= 4 is 23.2 Å². The van der Waals surface area contributed by atoms with Crippen molar-refractivity contribution in [2.75, 3.05) is 0 Å². The first-order valence-electron chi connectivity index (χ1n) is 7.23. The number of imidazole rings is 1. The van der Waals surface area contributed by atoms with Gasteiger partial charge in [-0.3, -0.25) is 4.57 Å². The highest BCUT2D eigenvalue weighted by Gasteiger charge is 2.03. The van der Waals surface area contributed by atoms with Crippen molar-refractivity contribution in [2.24, 2.45) is 0 Å². The van der Waals surface area contributed by atoms with Crippen molar-refractivity contribution < 1.29 is 0 Å². The molecule has 0 aliphatic carbocycles. The van der Waals surface area contributed by atoms with Crippen molar-refractivity contribution in [3.8, 4) is 5.82 Å². The van der Waals surface area contributed by atoms with Gasteiger partial charge in [0.05, 0.1) is 0 Å². The van der Waals surface area contributed by atoms with E-state index in [-0.39, 0.29) is 0 Å². The maximum Gasteiger partial charge on any atom is 0.137 e. The van der Waals surface area contributed by atoms with E-state index in [4.69, 9.17) is 23.2 Å². The highest BCUT2D eigenvalue weighted by molar-refractivity contribution is 6.35. The lowest BCUT2D eigenvalue weighted by atomic mass is 10.2. The van der Waals surface area contributed by atoms with Gasteiger partial charge in [0.2, 0.25) is 0 Å². The lowest BCUT2D eigenvalue weighted by Gasteiger charge is -2.08. The van der Waals surface area contributed by atoms with Crippen LogP contribution >= 0.6 is 23.2 Å². The molecule has 0 unspecified atom stereocenters. The first-order valence-corrected chi connectivity index (χ1v) is 7.99. The summed E-state index contributed by atoms with van der Waals surface area (Å²) < 4.78 is 1.95. The van der Waals surface area contributed by atoms with Crippen molar-refractivity contribution in [1.29, 1.82) is 0 Å². The summed E-state index contributed by atoms with van der Waals surface area (Å²) >= 11 is 12.1. The van der Waals surface area contributed by atoms with Crippen molar-refractivity contribution in [2.45, 2.75) is 20.0 Å². The van der Waals surface area contributed by atoms with Gasteiger partial charge in [0.1, 0.15) is 11.6 Å². The molecule has 0 radical (unpaired) electrons. The second kappa shape index (κ2) is 7.13. The number of hydrogen-bond donors (Lipinski definition) is 1. The van der Waals surface area contributed by atoms with E-state index in [1.54, 1.807) is 12.3 Å². The molecule has 0 saturated carbocycles. The molecule has 0 saturated heterocycles. The maximum atomic E-state index is 6.16. The fourth-order valence-electron chi connectivity index (χ4n) is 2.29. The Bertz CT molecular complexity index is 797. The number of halogens is 2. The number of benzene rings is 1. The van der Waals surface area contributed by atoms with Crippen LogP contribution in [0.15, 0.2) is 48.9 Å². The Morgan fingerprint density at radius 1 is 1.09 bits per heavy atom. The third kappa shape index (κ3) is 3.91. The molecule has 2 aromatic heterocycles. The van der Waals surface area contributed by atoms with Crippen molar-refractivity contribution in [3.05, 3.63) is 75.9 Å². The fraction of sp³-hybridized carbons (Fsp3) is 0.176. The van der Waals surface area contributed by atoms with Crippen LogP contribution < -0.4 is 5.32 Å². The lowest BCUT2D eigenvalue weighted by molar-refractivity contribution is 0.691. The Morgan fingerprint density at radius 2 is 1.96 bits per heavy atom. The number of hydrogen-bond acceptors (Lipinski definition) is 3. The molecule has 2 heterocycles. The third-order valence-corrected chi connectivity index (χ3v) is 4.13. The Balaban J connectivity index is 1.60. The van der Waals surface area contributed by atoms with Crippen molar-refractivity contribution in [3.63, 3.8) is 0 Å². The number of aromatic nitrogens is 3. The van der Waals surface area contributed by atoms with Gasteiger partial charge in [0.15, 0.2) is 0 Å². The minimum absolute atomic E-state index is 0.647. The zero-order chi connectivity index (χ0) is 16.2. The molecule has 3 rings (SSSR count). The number of rotatable bonds is 5. The predicted octanol–water partition coefficient (Wildman–Crippen LogP) is 4.17. The summed E-state index contributed by atoms with van der Waals surface area (Å²) in [6.07, 6.45) is 5.53. The van der Waals surface area contributed by atoms with Crippen LogP contribution in [-0.2, 0) is 13.1 Å². The molecule has 1 N–H and O–H groups in total. The first kappa shape index (κ1) is 16.0. The fourth-order valence-corrected chi connectivity index (χ4v) is 2.77. The molecule has 0 fully saturated rings. The molecule has 0 spiro atoms. The van der Waals surface area contributed by atoms with E-state index >= 15 is 0 Å². The molecule has 6 heteroatoms. The topological polar surface area (TPSA) is 42.7 Å². The van der Waals surface area contributed by atoms with Gasteiger partial charge in [-0.25, -0.2) is 9.97 Å². The summed E-state index contributed by atoms with van der Waals surface area (Å²) in [5.74, 6) is 1.78. The van der Waals surface area contributed by atoms with E-state index in [9.17, 15) is 0 Å². The van der Waals surface area contributed by atoms with Gasteiger partial charge in [-0.15, -0.1) is 0 Å². The van der Waals surface area contributed by atoms with Crippen LogP contribution in [0, 0.1) is 6.92 Å². The third-order valence-electron chi connectivity index (χ3n) is 3.54. The van der Waals surface area contributed by atoms with Gasteiger partial charge < -0.3 is 5.32 Å². The Hall–Kier alpha value is -1.88. The van der Waals surface area contributed by atoms with Crippen LogP contribution in [0.5, 0.6) is 0 Å². The number of nitrogens with zero attached hydrogens (tertiary/aromatic N) is 3. The molecular formula is C17H16Cl2N4. The molecule has 23 heavy (non-hydrogen) atoms. The normalized spacial score (nSPS) is 10.9. The number of aryl methyl sites for hydroxylation is 1. The van der Waals surface area contributed by atoms with Crippen LogP contribution in [0.3, 0.4) is 0 Å². The predicted molar refractivity (Wildman–Crippen MR) is 93.1 cm³/mol. The van der Waals surface area contributed by atoms with Gasteiger partial charge in [0, 0.05) is 41.7 Å². The molecule has 3 aromatic rings. The van der Waals surface area contributed by atoms with Crippen LogP contribution in [0.4, 0.5) is 0 Å². The molecule has 0 aliphatic rings. The number of pyridine rings is 1. The van der Waals surface area contributed by atoms with Crippen LogP contribution in [-0.4, -0.2) is 14.5 Å². The average molecular weight is 347 g/mol. The first-order chi connectivity index (χ1) is 11.1. The molecule has 1 aromatic carbocycles. The largest absolute Gasteiger partial charge is 0.309 e. The van der Waals surface area contributed by atoms with Gasteiger partial charge >= 0.3 is 0 Å². The monoisotopic (exact) mass is 346 g/mol. The Labute approximate surface area is 145 Å². The van der Waals surface area contributed by atoms with Crippen LogP contribution in [0.1, 0.15) is 17.0 Å². The summed E-state index contributed by atoms with van der Waals surface area (Å²) in [4.78, 5) is 8.68. The summed E-state index contributed by atoms with van der Waals surface area (Å²) in [6, 6.07) is 9.57. The zero-order valence-corrected chi connectivity index (χ0v) is 14.1. The quantitative estimate of drug-likeness (QED) is 0.753. The van der Waals surface area contributed by atoms with Crippen LogP contribution in [0.25, 0.3) is 5.82 Å². The minimum atomic E-state index is 0.647. The Kier molecular flexibility index (Phi) is 4.96. The standard InChI is InChI=1S/C17H16Cl2N4/c1-12-21-6-7-23(12)17-5-2-13(10-22-17)9-20-11-14-3-4-15(18)8-16(14)19/h2-8,10,20H,9,11H2,1H3. The van der Waals surface area contributed by atoms with Gasteiger partial charge in [-0.05, 0) is 36.2 Å². The summed E-state index contributed by atoms with van der Waals surface area (Å²) in [6.45, 7) is 3.35. The van der Waals surface area contributed by atoms with E-state index in [1.165, 1.54) is 0 Å². The molecule has 118 valence electrons.